The fourth-order valence-corrected chi connectivity index (χ4v) is 2.81. The van der Waals surface area contributed by atoms with Crippen LogP contribution >= 0.6 is 0 Å². The molecule has 0 unspecified atom stereocenters. The van der Waals surface area contributed by atoms with Crippen molar-refractivity contribution < 1.29 is 23.9 Å². The number of nitrogens with zero attached hydrogens (tertiary/aromatic N) is 1. The smallest absolute Gasteiger partial charge is 0.343 e. The van der Waals surface area contributed by atoms with Gasteiger partial charge in [0.1, 0.15) is 0 Å². The van der Waals surface area contributed by atoms with Crippen molar-refractivity contribution in [3.05, 3.63) is 89.5 Å². The van der Waals surface area contributed by atoms with E-state index in [0.717, 1.165) is 12.0 Å². The van der Waals surface area contributed by atoms with E-state index in [-0.39, 0.29) is 5.75 Å². The zero-order valence-electron chi connectivity index (χ0n) is 18.2. The largest absolute Gasteiger partial charge is 0.493 e. The Kier molecular flexibility index (Phi) is 7.91. The van der Waals surface area contributed by atoms with Gasteiger partial charge in [-0.05, 0) is 60.0 Å². The van der Waals surface area contributed by atoms with Gasteiger partial charge < -0.3 is 14.8 Å². The van der Waals surface area contributed by atoms with Crippen LogP contribution in [0.4, 0.5) is 5.69 Å². The quantitative estimate of drug-likeness (QED) is 0.190. The molecule has 0 aromatic heterocycles. The van der Waals surface area contributed by atoms with Gasteiger partial charge in [0.2, 0.25) is 0 Å². The van der Waals surface area contributed by atoms with Crippen molar-refractivity contribution in [2.45, 2.75) is 13.3 Å². The number of hydrazone groups is 1. The fraction of sp³-hybridized carbons (Fsp3) is 0.120. The minimum Gasteiger partial charge on any atom is -0.493 e. The van der Waals surface area contributed by atoms with E-state index >= 15 is 0 Å². The van der Waals surface area contributed by atoms with Crippen molar-refractivity contribution in [2.24, 2.45) is 5.10 Å². The highest BCUT2D eigenvalue weighted by Crippen LogP contribution is 2.28. The molecule has 0 aliphatic heterocycles. The zero-order chi connectivity index (χ0) is 23.6. The van der Waals surface area contributed by atoms with Crippen LogP contribution in [0.3, 0.4) is 0 Å². The summed E-state index contributed by atoms with van der Waals surface area (Å²) < 4.78 is 10.7. The van der Waals surface area contributed by atoms with E-state index < -0.39 is 17.8 Å². The van der Waals surface area contributed by atoms with Crippen LogP contribution < -0.4 is 20.2 Å². The maximum atomic E-state index is 12.3. The number of nitrogens with one attached hydrogen (secondary N) is 2. The summed E-state index contributed by atoms with van der Waals surface area (Å²) in [6.07, 6.45) is 2.22. The van der Waals surface area contributed by atoms with Gasteiger partial charge in [0.25, 0.3) is 0 Å². The molecule has 0 aliphatic rings. The van der Waals surface area contributed by atoms with Gasteiger partial charge >= 0.3 is 17.8 Å². The summed E-state index contributed by atoms with van der Waals surface area (Å²) in [4.78, 5) is 36.2. The third-order valence-corrected chi connectivity index (χ3v) is 4.61. The second kappa shape index (κ2) is 11.2. The minimum atomic E-state index is -0.911. The molecule has 2 N–H and O–H groups in total. The second-order valence-corrected chi connectivity index (χ2v) is 6.87. The van der Waals surface area contributed by atoms with Crippen molar-refractivity contribution in [1.82, 2.24) is 5.43 Å². The summed E-state index contributed by atoms with van der Waals surface area (Å²) in [5.41, 5.74) is 4.78. The Balaban J connectivity index is 1.58. The number of amides is 2. The first-order valence-corrected chi connectivity index (χ1v) is 10.2. The van der Waals surface area contributed by atoms with Crippen LogP contribution in [0.2, 0.25) is 0 Å². The second-order valence-electron chi connectivity index (χ2n) is 6.87. The van der Waals surface area contributed by atoms with E-state index in [2.05, 4.69) is 15.8 Å². The van der Waals surface area contributed by atoms with Crippen LogP contribution in [0, 0.1) is 0 Å². The average molecular weight is 445 g/mol. The van der Waals surface area contributed by atoms with E-state index in [1.54, 1.807) is 60.7 Å². The maximum Gasteiger partial charge on any atom is 0.343 e. The number of ether oxygens (including phenoxy) is 2. The molecule has 3 aromatic rings. The first-order valence-electron chi connectivity index (χ1n) is 10.2. The number of methoxy groups -OCH3 is 1. The van der Waals surface area contributed by atoms with Gasteiger partial charge in [0.05, 0.1) is 18.9 Å². The van der Waals surface area contributed by atoms with Crippen molar-refractivity contribution >= 4 is 29.7 Å². The summed E-state index contributed by atoms with van der Waals surface area (Å²) in [5, 5.41) is 6.30. The topological polar surface area (TPSA) is 106 Å². The van der Waals surface area contributed by atoms with Gasteiger partial charge in [0, 0.05) is 5.69 Å². The van der Waals surface area contributed by atoms with Crippen molar-refractivity contribution in [3.63, 3.8) is 0 Å². The molecule has 0 atom stereocenters. The number of carbonyl (C=O) groups excluding carboxylic acids is 3. The van der Waals surface area contributed by atoms with Crippen LogP contribution in [0.15, 0.2) is 77.9 Å². The molecule has 0 saturated heterocycles. The molecule has 33 heavy (non-hydrogen) atoms. The Hall–Kier alpha value is -4.46. The Morgan fingerprint density at radius 2 is 1.64 bits per heavy atom. The lowest BCUT2D eigenvalue weighted by Crippen LogP contribution is -2.32. The summed E-state index contributed by atoms with van der Waals surface area (Å²) in [6.45, 7) is 2.03. The molecule has 2 amide bonds. The Morgan fingerprint density at radius 3 is 2.30 bits per heavy atom. The first-order chi connectivity index (χ1) is 16.0. The van der Waals surface area contributed by atoms with Crippen molar-refractivity contribution in [3.8, 4) is 11.5 Å². The van der Waals surface area contributed by atoms with Gasteiger partial charge in [-0.2, -0.15) is 5.10 Å². The van der Waals surface area contributed by atoms with E-state index in [1.807, 2.05) is 19.1 Å². The number of carbonyl (C=O) groups is 3. The SMILES string of the molecule is CCc1ccc(NC(=O)C(=O)N/N=C\c2ccc(OC(=O)c3ccccc3)c(OC)c2)cc1. The predicted molar refractivity (Wildman–Crippen MR) is 125 cm³/mol. The molecule has 0 spiro atoms. The molecular weight excluding hydrogens is 422 g/mol. The van der Waals surface area contributed by atoms with Crippen molar-refractivity contribution in [2.75, 3.05) is 12.4 Å². The normalized spacial score (nSPS) is 10.5. The third-order valence-electron chi connectivity index (χ3n) is 4.61. The molecule has 0 bridgehead atoms. The molecule has 0 aliphatic carbocycles. The number of esters is 1. The van der Waals surface area contributed by atoms with E-state index in [4.69, 9.17) is 9.47 Å². The van der Waals surface area contributed by atoms with E-state index in [0.29, 0.717) is 22.6 Å². The van der Waals surface area contributed by atoms with Gasteiger partial charge in [-0.1, -0.05) is 37.3 Å². The summed E-state index contributed by atoms with van der Waals surface area (Å²) in [5.74, 6) is -1.72. The molecule has 8 heteroatoms. The molecule has 0 saturated carbocycles. The Bertz CT molecular complexity index is 1160. The molecule has 3 rings (SSSR count). The zero-order valence-corrected chi connectivity index (χ0v) is 18.2. The fourth-order valence-electron chi connectivity index (χ4n) is 2.81. The molecule has 0 radical (unpaired) electrons. The standard InChI is InChI=1S/C25H23N3O5/c1-3-17-9-12-20(13-10-17)27-23(29)24(30)28-26-16-18-11-14-21(22(15-18)32-2)33-25(31)19-7-5-4-6-8-19/h4-16H,3H2,1-2H3,(H,27,29)(H,28,30)/b26-16-. The molecule has 0 fully saturated rings. The van der Waals surface area contributed by atoms with Crippen LogP contribution in [0.5, 0.6) is 11.5 Å². The van der Waals surface area contributed by atoms with Crippen LogP contribution in [-0.2, 0) is 16.0 Å². The first kappa shape index (κ1) is 23.2. The number of hydrogen-bond donors (Lipinski definition) is 2. The highest BCUT2D eigenvalue weighted by atomic mass is 16.6. The number of aryl methyl sites for hydroxylation is 1. The van der Waals surface area contributed by atoms with Crippen molar-refractivity contribution in [1.29, 1.82) is 0 Å². The molecule has 168 valence electrons. The number of benzene rings is 3. The summed E-state index contributed by atoms with van der Waals surface area (Å²) in [6, 6.07) is 20.5. The lowest BCUT2D eigenvalue weighted by Gasteiger charge is -2.10. The Labute approximate surface area is 191 Å². The highest BCUT2D eigenvalue weighted by Gasteiger charge is 2.14. The predicted octanol–water partition coefficient (Wildman–Crippen LogP) is 3.57. The monoisotopic (exact) mass is 445 g/mol. The summed E-state index contributed by atoms with van der Waals surface area (Å²) in [7, 11) is 1.44. The van der Waals surface area contributed by atoms with Gasteiger partial charge in [-0.25, -0.2) is 10.2 Å². The lowest BCUT2D eigenvalue weighted by molar-refractivity contribution is -0.136. The number of rotatable bonds is 7. The number of anilines is 1. The Morgan fingerprint density at radius 1 is 0.909 bits per heavy atom. The average Bonchev–Trinajstić information content (AvgIpc) is 2.85. The van der Waals surface area contributed by atoms with Gasteiger partial charge in [-0.3, -0.25) is 9.59 Å². The minimum absolute atomic E-state index is 0.237. The highest BCUT2D eigenvalue weighted by molar-refractivity contribution is 6.39. The van der Waals surface area contributed by atoms with Crippen LogP contribution in [-0.4, -0.2) is 31.1 Å². The molecule has 8 nitrogen and oxygen atoms in total. The molecular formula is C25H23N3O5. The van der Waals surface area contributed by atoms with Crippen LogP contribution in [0.1, 0.15) is 28.4 Å². The molecule has 0 heterocycles. The van der Waals surface area contributed by atoms with E-state index in [1.165, 1.54) is 13.3 Å². The van der Waals surface area contributed by atoms with E-state index in [9.17, 15) is 14.4 Å². The lowest BCUT2D eigenvalue weighted by atomic mass is 10.1. The maximum absolute atomic E-state index is 12.3. The number of hydrogen-bond acceptors (Lipinski definition) is 6. The van der Waals surface area contributed by atoms with Gasteiger partial charge in [-0.15, -0.1) is 0 Å². The summed E-state index contributed by atoms with van der Waals surface area (Å²) >= 11 is 0. The third kappa shape index (κ3) is 6.51. The van der Waals surface area contributed by atoms with Gasteiger partial charge in [0.15, 0.2) is 11.5 Å². The molecule has 3 aromatic carbocycles. The van der Waals surface area contributed by atoms with Crippen LogP contribution in [0.25, 0.3) is 0 Å².